The second-order valence-corrected chi connectivity index (χ2v) is 7.22. The van der Waals surface area contributed by atoms with Gasteiger partial charge in [-0.25, -0.2) is 9.97 Å². The van der Waals surface area contributed by atoms with Crippen molar-refractivity contribution in [1.82, 2.24) is 35.0 Å². The SMILES string of the molecule is CC[C@H](NC(=O)c1cccc(NCc2nnc(-c3ccncn3)n2C)c1)c1ccccn1. The molecule has 0 spiro atoms. The maximum absolute atomic E-state index is 12.8. The molecular weight excluding hydrogens is 404 g/mol. The van der Waals surface area contributed by atoms with Crippen LogP contribution in [0.3, 0.4) is 0 Å². The van der Waals surface area contributed by atoms with Gasteiger partial charge in [-0.2, -0.15) is 0 Å². The number of nitrogens with one attached hydrogen (secondary N) is 2. The Hall–Kier alpha value is -4.14. The molecule has 0 aliphatic carbocycles. The molecule has 0 aliphatic heterocycles. The maximum atomic E-state index is 12.8. The van der Waals surface area contributed by atoms with Crippen molar-refractivity contribution in [2.24, 2.45) is 7.05 Å². The fourth-order valence-corrected chi connectivity index (χ4v) is 3.32. The van der Waals surface area contributed by atoms with Crippen LogP contribution in [0.15, 0.2) is 67.3 Å². The van der Waals surface area contributed by atoms with Gasteiger partial charge in [-0.15, -0.1) is 10.2 Å². The van der Waals surface area contributed by atoms with Crippen molar-refractivity contribution in [1.29, 1.82) is 0 Å². The molecule has 0 saturated carbocycles. The van der Waals surface area contributed by atoms with Gasteiger partial charge in [-0.05, 0) is 42.8 Å². The van der Waals surface area contributed by atoms with Crippen LogP contribution in [0.5, 0.6) is 0 Å². The summed E-state index contributed by atoms with van der Waals surface area (Å²) in [6, 6.07) is 14.7. The second-order valence-electron chi connectivity index (χ2n) is 7.22. The summed E-state index contributed by atoms with van der Waals surface area (Å²) in [5, 5.41) is 14.9. The molecule has 0 bridgehead atoms. The van der Waals surface area contributed by atoms with Crippen molar-refractivity contribution in [3.8, 4) is 11.5 Å². The summed E-state index contributed by atoms with van der Waals surface area (Å²) < 4.78 is 1.88. The Morgan fingerprint density at radius 2 is 1.97 bits per heavy atom. The molecule has 2 N–H and O–H groups in total. The van der Waals surface area contributed by atoms with E-state index in [1.54, 1.807) is 24.5 Å². The molecule has 4 rings (SSSR count). The topological polar surface area (TPSA) is 111 Å². The molecule has 0 unspecified atom stereocenters. The quantitative estimate of drug-likeness (QED) is 0.443. The molecule has 3 aromatic heterocycles. The summed E-state index contributed by atoms with van der Waals surface area (Å²) >= 11 is 0. The highest BCUT2D eigenvalue weighted by Gasteiger charge is 2.16. The predicted molar refractivity (Wildman–Crippen MR) is 121 cm³/mol. The summed E-state index contributed by atoms with van der Waals surface area (Å²) in [7, 11) is 1.89. The molecule has 4 aromatic rings. The first kappa shape index (κ1) is 21.1. The molecule has 0 radical (unpaired) electrons. The predicted octanol–water partition coefficient (Wildman–Crippen LogP) is 3.16. The first-order chi connectivity index (χ1) is 15.7. The van der Waals surface area contributed by atoms with Crippen LogP contribution in [-0.2, 0) is 13.6 Å². The van der Waals surface area contributed by atoms with E-state index in [-0.39, 0.29) is 11.9 Å². The lowest BCUT2D eigenvalue weighted by Gasteiger charge is -2.17. The van der Waals surface area contributed by atoms with Crippen molar-refractivity contribution in [3.05, 3.63) is 84.3 Å². The number of rotatable bonds is 8. The highest BCUT2D eigenvalue weighted by atomic mass is 16.1. The van der Waals surface area contributed by atoms with Crippen molar-refractivity contribution >= 4 is 11.6 Å². The van der Waals surface area contributed by atoms with Crippen LogP contribution in [0.25, 0.3) is 11.5 Å². The van der Waals surface area contributed by atoms with E-state index in [1.165, 1.54) is 6.33 Å². The highest BCUT2D eigenvalue weighted by molar-refractivity contribution is 5.95. The number of anilines is 1. The molecule has 3 heterocycles. The van der Waals surface area contributed by atoms with Crippen molar-refractivity contribution in [2.45, 2.75) is 25.9 Å². The lowest BCUT2D eigenvalue weighted by molar-refractivity contribution is 0.0934. The van der Waals surface area contributed by atoms with Gasteiger partial charge in [0.2, 0.25) is 0 Å². The number of pyridine rings is 1. The van der Waals surface area contributed by atoms with E-state index in [1.807, 2.05) is 54.9 Å². The lowest BCUT2D eigenvalue weighted by atomic mass is 10.1. The molecule has 0 aliphatic rings. The number of carbonyl (C=O) groups excluding carboxylic acids is 1. The summed E-state index contributed by atoms with van der Waals surface area (Å²) in [5.41, 5.74) is 2.94. The third-order valence-electron chi connectivity index (χ3n) is 5.11. The molecule has 0 fully saturated rings. The maximum Gasteiger partial charge on any atom is 0.251 e. The molecular formula is C23H24N8O. The Kier molecular flexibility index (Phi) is 6.45. The number of carbonyl (C=O) groups is 1. The zero-order valence-electron chi connectivity index (χ0n) is 17.9. The molecule has 1 atom stereocenters. The van der Waals surface area contributed by atoms with Crippen LogP contribution in [-0.4, -0.2) is 35.6 Å². The van der Waals surface area contributed by atoms with Gasteiger partial charge in [0.05, 0.1) is 18.3 Å². The Bertz CT molecular complexity index is 1180. The first-order valence-electron chi connectivity index (χ1n) is 10.4. The summed E-state index contributed by atoms with van der Waals surface area (Å²) in [6.45, 7) is 2.47. The van der Waals surface area contributed by atoms with Crippen molar-refractivity contribution in [2.75, 3.05) is 5.32 Å². The van der Waals surface area contributed by atoms with Crippen LogP contribution in [0.1, 0.15) is 41.3 Å². The van der Waals surface area contributed by atoms with Crippen molar-refractivity contribution in [3.63, 3.8) is 0 Å². The third kappa shape index (κ3) is 4.77. The molecule has 1 aromatic carbocycles. The standard InChI is InChI=1S/C23H24N8O/c1-3-18(19-9-4-5-11-25-19)28-23(32)16-7-6-8-17(13-16)26-14-21-29-30-22(31(21)2)20-10-12-24-15-27-20/h4-13,15,18,26H,3,14H2,1-2H3,(H,28,32)/t18-/m0/s1. The smallest absolute Gasteiger partial charge is 0.251 e. The van der Waals surface area contributed by atoms with Gasteiger partial charge in [0.25, 0.3) is 5.91 Å². The van der Waals surface area contributed by atoms with E-state index in [9.17, 15) is 4.79 Å². The van der Waals surface area contributed by atoms with Crippen LogP contribution < -0.4 is 10.6 Å². The van der Waals surface area contributed by atoms with Crippen LogP contribution in [0, 0.1) is 0 Å². The zero-order valence-corrected chi connectivity index (χ0v) is 17.9. The Morgan fingerprint density at radius 3 is 2.72 bits per heavy atom. The number of amides is 1. The normalized spacial score (nSPS) is 11.7. The number of hydrogen-bond acceptors (Lipinski definition) is 7. The van der Waals surface area contributed by atoms with E-state index < -0.39 is 0 Å². The minimum absolute atomic E-state index is 0.140. The van der Waals surface area contributed by atoms with E-state index in [2.05, 4.69) is 35.8 Å². The van der Waals surface area contributed by atoms with Crippen molar-refractivity contribution < 1.29 is 4.79 Å². The monoisotopic (exact) mass is 428 g/mol. The lowest BCUT2D eigenvalue weighted by Crippen LogP contribution is -2.28. The highest BCUT2D eigenvalue weighted by Crippen LogP contribution is 2.18. The van der Waals surface area contributed by atoms with Crippen LogP contribution in [0.4, 0.5) is 5.69 Å². The molecule has 32 heavy (non-hydrogen) atoms. The van der Waals surface area contributed by atoms with Gasteiger partial charge in [0.15, 0.2) is 11.6 Å². The van der Waals surface area contributed by atoms with Gasteiger partial charge in [0, 0.05) is 30.7 Å². The number of hydrogen-bond donors (Lipinski definition) is 2. The van der Waals surface area contributed by atoms with Gasteiger partial charge in [0.1, 0.15) is 12.0 Å². The molecule has 162 valence electrons. The summed E-state index contributed by atoms with van der Waals surface area (Å²) in [6.07, 6.45) is 5.64. The van der Waals surface area contributed by atoms with Crippen LogP contribution >= 0.6 is 0 Å². The van der Waals surface area contributed by atoms with E-state index in [0.717, 1.165) is 23.6 Å². The number of aromatic nitrogens is 6. The first-order valence-corrected chi connectivity index (χ1v) is 10.4. The van der Waals surface area contributed by atoms with E-state index >= 15 is 0 Å². The Labute approximate surface area is 186 Å². The number of benzene rings is 1. The fourth-order valence-electron chi connectivity index (χ4n) is 3.32. The Morgan fingerprint density at radius 1 is 1.06 bits per heavy atom. The fraction of sp³-hybridized carbons (Fsp3) is 0.217. The molecule has 0 saturated heterocycles. The van der Waals surface area contributed by atoms with E-state index in [0.29, 0.717) is 23.6 Å². The van der Waals surface area contributed by atoms with Gasteiger partial charge in [-0.1, -0.05) is 19.1 Å². The molecule has 1 amide bonds. The minimum atomic E-state index is -0.143. The van der Waals surface area contributed by atoms with Gasteiger partial charge in [-0.3, -0.25) is 9.78 Å². The largest absolute Gasteiger partial charge is 0.378 e. The zero-order chi connectivity index (χ0) is 22.3. The summed E-state index contributed by atoms with van der Waals surface area (Å²) in [5.74, 6) is 1.27. The Balaban J connectivity index is 1.42. The van der Waals surface area contributed by atoms with Crippen LogP contribution in [0.2, 0.25) is 0 Å². The van der Waals surface area contributed by atoms with Gasteiger partial charge < -0.3 is 15.2 Å². The van der Waals surface area contributed by atoms with E-state index in [4.69, 9.17) is 0 Å². The average molecular weight is 429 g/mol. The average Bonchev–Trinajstić information content (AvgIpc) is 3.22. The third-order valence-corrected chi connectivity index (χ3v) is 5.11. The molecule has 9 heteroatoms. The van der Waals surface area contributed by atoms with Gasteiger partial charge >= 0.3 is 0 Å². The summed E-state index contributed by atoms with van der Waals surface area (Å²) in [4.78, 5) is 25.3. The molecule has 9 nitrogen and oxygen atoms in total. The minimum Gasteiger partial charge on any atom is -0.378 e. The second kappa shape index (κ2) is 9.78. The number of nitrogens with zero attached hydrogens (tertiary/aromatic N) is 6.